The van der Waals surface area contributed by atoms with Gasteiger partial charge < -0.3 is 10.2 Å². The first kappa shape index (κ1) is 9.45. The number of hydrogen-bond donors (Lipinski definition) is 2. The fourth-order valence-corrected chi connectivity index (χ4v) is 1.38. The summed E-state index contributed by atoms with van der Waals surface area (Å²) >= 11 is 0. The lowest BCUT2D eigenvalue weighted by atomic mass is 10.1. The Balaban J connectivity index is 2.10. The second-order valence-corrected chi connectivity index (χ2v) is 3.20. The maximum Gasteiger partial charge on any atom is 0.110 e. The van der Waals surface area contributed by atoms with E-state index in [0.29, 0.717) is 0 Å². The summed E-state index contributed by atoms with van der Waals surface area (Å²) in [6, 6.07) is 7.77. The van der Waals surface area contributed by atoms with E-state index in [1.807, 2.05) is 30.5 Å². The number of imidazole rings is 1. The van der Waals surface area contributed by atoms with E-state index in [1.54, 1.807) is 6.20 Å². The van der Waals surface area contributed by atoms with Crippen LogP contribution in [0.5, 0.6) is 0 Å². The highest BCUT2D eigenvalue weighted by Crippen LogP contribution is 2.06. The topological polar surface area (TPSA) is 61.3 Å². The van der Waals surface area contributed by atoms with Crippen molar-refractivity contribution in [2.45, 2.75) is 6.42 Å². The molecule has 0 spiro atoms. The zero-order valence-electron chi connectivity index (χ0n) is 8.09. The summed E-state index contributed by atoms with van der Waals surface area (Å²) in [5.41, 5.74) is 2.04. The highest BCUT2D eigenvalue weighted by Gasteiger charge is 1.97. The summed E-state index contributed by atoms with van der Waals surface area (Å²) in [6.07, 6.45) is 5.73. The summed E-state index contributed by atoms with van der Waals surface area (Å²) < 4.78 is 0. The number of hydrogen-bond acceptors (Lipinski definition) is 3. The van der Waals surface area contributed by atoms with Crippen LogP contribution in [-0.4, -0.2) is 21.4 Å². The monoisotopic (exact) mass is 201 g/mol. The first-order valence-corrected chi connectivity index (χ1v) is 4.63. The molecule has 0 saturated heterocycles. The Kier molecular flexibility index (Phi) is 2.78. The molecule has 1 heterocycles. The Morgan fingerprint density at radius 2 is 2.13 bits per heavy atom. The van der Waals surface area contributed by atoms with Crippen molar-refractivity contribution in [3.63, 3.8) is 0 Å². The van der Waals surface area contributed by atoms with Crippen LogP contribution in [0.1, 0.15) is 17.0 Å². The van der Waals surface area contributed by atoms with Gasteiger partial charge in [0.2, 0.25) is 0 Å². The quantitative estimate of drug-likeness (QED) is 0.452. The molecule has 15 heavy (non-hydrogen) atoms. The van der Waals surface area contributed by atoms with E-state index < -0.39 is 0 Å². The maximum absolute atomic E-state index is 8.35. The fourth-order valence-electron chi connectivity index (χ4n) is 1.38. The van der Waals surface area contributed by atoms with Gasteiger partial charge in [-0.05, 0) is 11.1 Å². The first-order valence-electron chi connectivity index (χ1n) is 4.63. The van der Waals surface area contributed by atoms with Gasteiger partial charge >= 0.3 is 0 Å². The molecule has 0 unspecified atom stereocenters. The molecule has 0 amide bonds. The summed E-state index contributed by atoms with van der Waals surface area (Å²) in [5.74, 6) is 0.943. The van der Waals surface area contributed by atoms with Crippen molar-refractivity contribution < 1.29 is 5.21 Å². The molecule has 4 heteroatoms. The van der Waals surface area contributed by atoms with Crippen molar-refractivity contribution in [1.82, 2.24) is 9.97 Å². The van der Waals surface area contributed by atoms with E-state index in [0.717, 1.165) is 17.8 Å². The standard InChI is InChI=1S/C11H11N3O/c15-14-8-10-3-1-9(2-4-10)7-11-12-5-6-13-11/h1-6,8,15H,7H2,(H,12,13). The third kappa shape index (κ3) is 2.43. The second kappa shape index (κ2) is 4.41. The average Bonchev–Trinajstić information content (AvgIpc) is 2.74. The van der Waals surface area contributed by atoms with E-state index in [4.69, 9.17) is 5.21 Å². The second-order valence-electron chi connectivity index (χ2n) is 3.20. The Morgan fingerprint density at radius 1 is 1.33 bits per heavy atom. The van der Waals surface area contributed by atoms with Crippen molar-refractivity contribution in [2.75, 3.05) is 0 Å². The largest absolute Gasteiger partial charge is 0.411 e. The minimum absolute atomic E-state index is 0.781. The summed E-state index contributed by atoms with van der Waals surface area (Å²) in [7, 11) is 0. The van der Waals surface area contributed by atoms with Crippen LogP contribution in [0.15, 0.2) is 41.8 Å². The molecule has 76 valence electrons. The van der Waals surface area contributed by atoms with Gasteiger partial charge in [-0.25, -0.2) is 4.98 Å². The lowest BCUT2D eigenvalue weighted by Gasteiger charge is -1.98. The molecule has 1 aromatic heterocycles. The first-order chi connectivity index (χ1) is 7.38. The Bertz CT molecular complexity index is 431. The van der Waals surface area contributed by atoms with Crippen LogP contribution in [0.25, 0.3) is 0 Å². The van der Waals surface area contributed by atoms with Gasteiger partial charge in [0, 0.05) is 18.8 Å². The molecule has 2 N–H and O–H groups in total. The lowest BCUT2D eigenvalue weighted by Crippen LogP contribution is -1.91. The zero-order valence-corrected chi connectivity index (χ0v) is 8.09. The van der Waals surface area contributed by atoms with E-state index in [-0.39, 0.29) is 0 Å². The van der Waals surface area contributed by atoms with Crippen LogP contribution in [-0.2, 0) is 6.42 Å². The number of aromatic amines is 1. The van der Waals surface area contributed by atoms with Crippen LogP contribution in [0, 0.1) is 0 Å². The molecule has 0 saturated carbocycles. The summed E-state index contributed by atoms with van der Waals surface area (Å²) in [5, 5.41) is 11.3. The molecule has 0 fully saturated rings. The van der Waals surface area contributed by atoms with Gasteiger partial charge in [-0.3, -0.25) is 0 Å². The third-order valence-electron chi connectivity index (χ3n) is 2.11. The summed E-state index contributed by atoms with van der Waals surface area (Å²) in [4.78, 5) is 7.20. The van der Waals surface area contributed by atoms with E-state index >= 15 is 0 Å². The van der Waals surface area contributed by atoms with E-state index in [1.165, 1.54) is 11.8 Å². The molecule has 4 nitrogen and oxygen atoms in total. The third-order valence-corrected chi connectivity index (χ3v) is 2.11. The highest BCUT2D eigenvalue weighted by molar-refractivity contribution is 5.78. The van der Waals surface area contributed by atoms with Crippen molar-refractivity contribution in [2.24, 2.45) is 5.16 Å². The molecule has 2 rings (SSSR count). The number of oxime groups is 1. The normalized spacial score (nSPS) is 10.9. The fraction of sp³-hybridized carbons (Fsp3) is 0.0909. The van der Waals surface area contributed by atoms with Crippen molar-refractivity contribution in [3.05, 3.63) is 53.6 Å². The molecule has 2 aromatic rings. The number of benzene rings is 1. The van der Waals surface area contributed by atoms with Crippen LogP contribution in [0.4, 0.5) is 0 Å². The minimum atomic E-state index is 0.781. The SMILES string of the molecule is ON=Cc1ccc(Cc2ncc[nH]2)cc1. The Hall–Kier alpha value is -2.10. The van der Waals surface area contributed by atoms with Crippen molar-refractivity contribution in [1.29, 1.82) is 0 Å². The Labute approximate surface area is 87.3 Å². The molecule has 0 aliphatic heterocycles. The molecule has 0 aliphatic rings. The average molecular weight is 201 g/mol. The number of aromatic nitrogens is 2. The molecule has 0 bridgehead atoms. The number of nitrogens with one attached hydrogen (secondary N) is 1. The van der Waals surface area contributed by atoms with Gasteiger partial charge in [-0.2, -0.15) is 0 Å². The van der Waals surface area contributed by atoms with Gasteiger partial charge in [0.15, 0.2) is 0 Å². The number of rotatable bonds is 3. The molecular weight excluding hydrogens is 190 g/mol. The maximum atomic E-state index is 8.35. The highest BCUT2D eigenvalue weighted by atomic mass is 16.4. The minimum Gasteiger partial charge on any atom is -0.411 e. The van der Waals surface area contributed by atoms with Crippen LogP contribution in [0.2, 0.25) is 0 Å². The summed E-state index contributed by atoms with van der Waals surface area (Å²) in [6.45, 7) is 0. The van der Waals surface area contributed by atoms with Crippen LogP contribution < -0.4 is 0 Å². The number of nitrogens with zero attached hydrogens (tertiary/aromatic N) is 2. The van der Waals surface area contributed by atoms with Gasteiger partial charge in [0.1, 0.15) is 5.82 Å². The molecule has 1 aromatic carbocycles. The predicted molar refractivity (Wildman–Crippen MR) is 57.2 cm³/mol. The van der Waals surface area contributed by atoms with Gasteiger partial charge in [-0.1, -0.05) is 29.4 Å². The molecular formula is C11H11N3O. The van der Waals surface area contributed by atoms with E-state index in [9.17, 15) is 0 Å². The van der Waals surface area contributed by atoms with Gasteiger partial charge in [0.25, 0.3) is 0 Å². The van der Waals surface area contributed by atoms with Crippen LogP contribution >= 0.6 is 0 Å². The smallest absolute Gasteiger partial charge is 0.110 e. The van der Waals surface area contributed by atoms with Gasteiger partial charge in [0.05, 0.1) is 6.21 Å². The van der Waals surface area contributed by atoms with Crippen LogP contribution in [0.3, 0.4) is 0 Å². The van der Waals surface area contributed by atoms with E-state index in [2.05, 4.69) is 15.1 Å². The lowest BCUT2D eigenvalue weighted by molar-refractivity contribution is 0.322. The van der Waals surface area contributed by atoms with Crippen molar-refractivity contribution >= 4 is 6.21 Å². The predicted octanol–water partition coefficient (Wildman–Crippen LogP) is 1.81. The molecule has 0 aliphatic carbocycles. The molecule has 0 atom stereocenters. The van der Waals surface area contributed by atoms with Gasteiger partial charge in [-0.15, -0.1) is 0 Å². The Morgan fingerprint density at radius 3 is 2.73 bits per heavy atom. The van der Waals surface area contributed by atoms with Crippen molar-refractivity contribution in [3.8, 4) is 0 Å². The zero-order chi connectivity index (χ0) is 10.5. The number of H-pyrrole nitrogens is 1. The molecule has 0 radical (unpaired) electrons.